The molecule has 21 heavy (non-hydrogen) atoms. The highest BCUT2D eigenvalue weighted by atomic mass is 35.5. The molecule has 0 saturated carbocycles. The van der Waals surface area contributed by atoms with Crippen LogP contribution in [0.3, 0.4) is 0 Å². The van der Waals surface area contributed by atoms with E-state index >= 15 is 0 Å². The summed E-state index contributed by atoms with van der Waals surface area (Å²) in [6, 6.07) is 19.4. The first-order valence-electron chi connectivity index (χ1n) is 6.84. The number of halogens is 2. The molecule has 0 aliphatic rings. The first-order valence-corrected chi connectivity index (χ1v) is 7.21. The van der Waals surface area contributed by atoms with E-state index in [1.165, 1.54) is 16.8 Å². The third-order valence-corrected chi connectivity index (χ3v) is 3.88. The molecule has 3 rings (SSSR count). The Morgan fingerprint density at radius 2 is 1.71 bits per heavy atom. The average Bonchev–Trinajstić information content (AvgIpc) is 2.50. The Kier molecular flexibility index (Phi) is 3.80. The van der Waals surface area contributed by atoms with E-state index in [9.17, 15) is 4.39 Å². The van der Waals surface area contributed by atoms with Gasteiger partial charge in [0.15, 0.2) is 0 Å². The van der Waals surface area contributed by atoms with Crippen molar-refractivity contribution in [2.75, 3.05) is 5.32 Å². The van der Waals surface area contributed by atoms with E-state index < -0.39 is 5.82 Å². The minimum atomic E-state index is -0.410. The van der Waals surface area contributed by atoms with E-state index in [1.54, 1.807) is 12.1 Å². The third-order valence-electron chi connectivity index (χ3n) is 3.58. The van der Waals surface area contributed by atoms with Crippen molar-refractivity contribution < 1.29 is 4.39 Å². The quantitative estimate of drug-likeness (QED) is 0.644. The molecule has 3 aromatic carbocycles. The summed E-state index contributed by atoms with van der Waals surface area (Å²) in [5.74, 6) is -0.410. The minimum Gasteiger partial charge on any atom is -0.378 e. The molecular formula is C18H15ClFN. The van der Waals surface area contributed by atoms with Crippen LogP contribution in [-0.4, -0.2) is 0 Å². The highest BCUT2D eigenvalue weighted by Crippen LogP contribution is 2.25. The number of rotatable bonds is 3. The van der Waals surface area contributed by atoms with Crippen molar-refractivity contribution in [3.8, 4) is 0 Å². The molecule has 106 valence electrons. The van der Waals surface area contributed by atoms with Gasteiger partial charge in [-0.1, -0.05) is 48.0 Å². The molecule has 1 N–H and O–H groups in total. The Hall–Kier alpha value is -2.06. The lowest BCUT2D eigenvalue weighted by Gasteiger charge is -2.16. The summed E-state index contributed by atoms with van der Waals surface area (Å²) in [4.78, 5) is 0. The Balaban J connectivity index is 1.85. The predicted molar refractivity (Wildman–Crippen MR) is 87.4 cm³/mol. The SMILES string of the molecule is CC(Nc1ccc(Cl)c(F)c1)c1ccc2ccccc2c1. The zero-order valence-corrected chi connectivity index (χ0v) is 12.4. The predicted octanol–water partition coefficient (Wildman–Crippen LogP) is 5.81. The molecule has 0 fully saturated rings. The summed E-state index contributed by atoms with van der Waals surface area (Å²) < 4.78 is 13.5. The van der Waals surface area contributed by atoms with Crippen LogP contribution in [0.2, 0.25) is 5.02 Å². The maximum absolute atomic E-state index is 13.5. The summed E-state index contributed by atoms with van der Waals surface area (Å²) in [7, 11) is 0. The number of anilines is 1. The lowest BCUT2D eigenvalue weighted by molar-refractivity contribution is 0.628. The maximum Gasteiger partial charge on any atom is 0.143 e. The van der Waals surface area contributed by atoms with Crippen molar-refractivity contribution in [3.63, 3.8) is 0 Å². The van der Waals surface area contributed by atoms with Crippen LogP contribution in [0.1, 0.15) is 18.5 Å². The van der Waals surface area contributed by atoms with Gasteiger partial charge in [-0.05, 0) is 47.5 Å². The van der Waals surface area contributed by atoms with Crippen molar-refractivity contribution in [2.24, 2.45) is 0 Å². The van der Waals surface area contributed by atoms with E-state index in [2.05, 4.69) is 42.6 Å². The van der Waals surface area contributed by atoms with Gasteiger partial charge in [0.1, 0.15) is 5.82 Å². The number of nitrogens with one attached hydrogen (secondary N) is 1. The van der Waals surface area contributed by atoms with Crippen LogP contribution in [-0.2, 0) is 0 Å². The number of fused-ring (bicyclic) bond motifs is 1. The molecule has 0 aromatic heterocycles. The van der Waals surface area contributed by atoms with Crippen molar-refractivity contribution in [1.29, 1.82) is 0 Å². The molecule has 0 saturated heterocycles. The first-order chi connectivity index (χ1) is 10.1. The summed E-state index contributed by atoms with van der Waals surface area (Å²) in [6.07, 6.45) is 0. The number of hydrogen-bond donors (Lipinski definition) is 1. The van der Waals surface area contributed by atoms with Gasteiger partial charge in [-0.25, -0.2) is 4.39 Å². The second kappa shape index (κ2) is 5.74. The topological polar surface area (TPSA) is 12.0 Å². The van der Waals surface area contributed by atoms with Crippen molar-refractivity contribution in [3.05, 3.63) is 77.1 Å². The number of hydrogen-bond acceptors (Lipinski definition) is 1. The fourth-order valence-corrected chi connectivity index (χ4v) is 2.51. The van der Waals surface area contributed by atoms with E-state index in [-0.39, 0.29) is 11.1 Å². The van der Waals surface area contributed by atoms with E-state index in [0.717, 1.165) is 11.3 Å². The normalized spacial score (nSPS) is 12.3. The molecule has 0 aliphatic heterocycles. The van der Waals surface area contributed by atoms with Crippen LogP contribution in [0.15, 0.2) is 60.7 Å². The van der Waals surface area contributed by atoms with Crippen molar-refractivity contribution in [2.45, 2.75) is 13.0 Å². The van der Waals surface area contributed by atoms with Crippen LogP contribution < -0.4 is 5.32 Å². The van der Waals surface area contributed by atoms with Crippen LogP contribution >= 0.6 is 11.6 Å². The van der Waals surface area contributed by atoms with Crippen LogP contribution in [0.25, 0.3) is 10.8 Å². The van der Waals surface area contributed by atoms with Gasteiger partial charge in [0.25, 0.3) is 0 Å². The fourth-order valence-electron chi connectivity index (χ4n) is 2.40. The van der Waals surface area contributed by atoms with Crippen molar-refractivity contribution in [1.82, 2.24) is 0 Å². The summed E-state index contributed by atoms with van der Waals surface area (Å²) in [6.45, 7) is 2.05. The van der Waals surface area contributed by atoms with E-state index in [1.807, 2.05) is 12.1 Å². The summed E-state index contributed by atoms with van der Waals surface area (Å²) in [5.41, 5.74) is 1.88. The lowest BCUT2D eigenvalue weighted by Crippen LogP contribution is -2.06. The van der Waals surface area contributed by atoms with Crippen molar-refractivity contribution >= 4 is 28.1 Å². The molecule has 0 radical (unpaired) electrons. The summed E-state index contributed by atoms with van der Waals surface area (Å²) >= 11 is 5.70. The second-order valence-corrected chi connectivity index (χ2v) is 5.51. The van der Waals surface area contributed by atoms with Gasteiger partial charge in [0.05, 0.1) is 5.02 Å². The smallest absolute Gasteiger partial charge is 0.143 e. The van der Waals surface area contributed by atoms with Gasteiger partial charge in [0, 0.05) is 11.7 Å². The summed E-state index contributed by atoms with van der Waals surface area (Å²) in [5, 5.41) is 5.84. The third kappa shape index (κ3) is 3.01. The molecule has 0 heterocycles. The molecule has 0 aliphatic carbocycles. The van der Waals surface area contributed by atoms with Crippen LogP contribution in [0, 0.1) is 5.82 Å². The van der Waals surface area contributed by atoms with Gasteiger partial charge in [-0.15, -0.1) is 0 Å². The van der Waals surface area contributed by atoms with Gasteiger partial charge < -0.3 is 5.32 Å². The molecule has 3 aromatic rings. The maximum atomic E-state index is 13.5. The van der Waals surface area contributed by atoms with Gasteiger partial charge in [-0.2, -0.15) is 0 Å². The van der Waals surface area contributed by atoms with Gasteiger partial charge in [0.2, 0.25) is 0 Å². The molecule has 3 heteroatoms. The molecular weight excluding hydrogens is 285 g/mol. The first kappa shape index (κ1) is 13.9. The monoisotopic (exact) mass is 299 g/mol. The second-order valence-electron chi connectivity index (χ2n) is 5.10. The Morgan fingerprint density at radius 3 is 2.48 bits per heavy atom. The molecule has 0 spiro atoms. The van der Waals surface area contributed by atoms with Gasteiger partial charge >= 0.3 is 0 Å². The number of benzene rings is 3. The zero-order valence-electron chi connectivity index (χ0n) is 11.6. The zero-order chi connectivity index (χ0) is 14.8. The van der Waals surface area contributed by atoms with Crippen LogP contribution in [0.5, 0.6) is 0 Å². The van der Waals surface area contributed by atoms with Crippen LogP contribution in [0.4, 0.5) is 10.1 Å². The standard InChI is InChI=1S/C18H15ClFN/c1-12(21-16-8-9-17(19)18(20)11-16)14-7-6-13-4-2-3-5-15(13)10-14/h2-12,21H,1H3. The highest BCUT2D eigenvalue weighted by Gasteiger charge is 2.08. The fraction of sp³-hybridized carbons (Fsp3) is 0.111. The molecule has 1 atom stereocenters. The van der Waals surface area contributed by atoms with Gasteiger partial charge in [-0.3, -0.25) is 0 Å². The Bertz CT molecular complexity index is 785. The largest absolute Gasteiger partial charge is 0.378 e. The average molecular weight is 300 g/mol. The minimum absolute atomic E-state index is 0.0789. The molecule has 1 nitrogen and oxygen atoms in total. The molecule has 1 unspecified atom stereocenters. The molecule has 0 amide bonds. The van der Waals surface area contributed by atoms with E-state index in [4.69, 9.17) is 11.6 Å². The molecule has 0 bridgehead atoms. The highest BCUT2D eigenvalue weighted by molar-refractivity contribution is 6.30. The van der Waals surface area contributed by atoms with E-state index in [0.29, 0.717) is 0 Å². The Labute approximate surface area is 128 Å². The Morgan fingerprint density at radius 1 is 0.952 bits per heavy atom. The lowest BCUT2D eigenvalue weighted by atomic mass is 10.0.